The standard InChI is InChI=1S/C12H12N4O4S/c1-13-11-8-10(2-3-12(11)16(17)18)21(19,20)15-9-4-6-14-7-5-9/h2-8,13H,1H3,(H,14,15). The van der Waals surface area contributed by atoms with Gasteiger partial charge in [0.2, 0.25) is 0 Å². The van der Waals surface area contributed by atoms with Gasteiger partial charge in [-0.25, -0.2) is 8.42 Å². The molecule has 0 saturated heterocycles. The summed E-state index contributed by atoms with van der Waals surface area (Å²) in [5, 5.41) is 13.4. The predicted octanol–water partition coefficient (Wildman–Crippen LogP) is 1.83. The summed E-state index contributed by atoms with van der Waals surface area (Å²) in [7, 11) is -2.35. The molecule has 110 valence electrons. The van der Waals surface area contributed by atoms with Crippen LogP contribution in [-0.2, 0) is 10.0 Å². The number of aromatic nitrogens is 1. The van der Waals surface area contributed by atoms with Crippen LogP contribution >= 0.6 is 0 Å². The fourth-order valence-electron chi connectivity index (χ4n) is 1.68. The van der Waals surface area contributed by atoms with Crippen LogP contribution in [0.2, 0.25) is 0 Å². The molecule has 2 aromatic rings. The van der Waals surface area contributed by atoms with E-state index < -0.39 is 14.9 Å². The number of pyridine rings is 1. The predicted molar refractivity (Wildman–Crippen MR) is 77.7 cm³/mol. The summed E-state index contributed by atoms with van der Waals surface area (Å²) in [5.41, 5.74) is 0.285. The van der Waals surface area contributed by atoms with E-state index in [1.807, 2.05) is 0 Å². The summed E-state index contributed by atoms with van der Waals surface area (Å²) in [4.78, 5) is 14.0. The van der Waals surface area contributed by atoms with Crippen molar-refractivity contribution in [3.05, 3.63) is 52.8 Å². The minimum atomic E-state index is -3.83. The van der Waals surface area contributed by atoms with Gasteiger partial charge >= 0.3 is 0 Å². The van der Waals surface area contributed by atoms with Crippen LogP contribution in [-0.4, -0.2) is 25.4 Å². The second-order valence-corrected chi connectivity index (χ2v) is 5.71. The van der Waals surface area contributed by atoms with E-state index in [1.165, 1.54) is 43.7 Å². The summed E-state index contributed by atoms with van der Waals surface area (Å²) in [6, 6.07) is 6.54. The summed E-state index contributed by atoms with van der Waals surface area (Å²) >= 11 is 0. The molecule has 0 amide bonds. The smallest absolute Gasteiger partial charge is 0.292 e. The third-order valence-electron chi connectivity index (χ3n) is 2.68. The number of rotatable bonds is 5. The van der Waals surface area contributed by atoms with Gasteiger partial charge < -0.3 is 5.32 Å². The molecule has 9 heteroatoms. The van der Waals surface area contributed by atoms with Gasteiger partial charge in [0.05, 0.1) is 15.5 Å². The zero-order chi connectivity index (χ0) is 15.5. The van der Waals surface area contributed by atoms with E-state index in [9.17, 15) is 18.5 Å². The van der Waals surface area contributed by atoms with E-state index in [-0.39, 0.29) is 16.3 Å². The maximum absolute atomic E-state index is 12.2. The lowest BCUT2D eigenvalue weighted by Crippen LogP contribution is -2.13. The molecule has 2 rings (SSSR count). The summed E-state index contributed by atoms with van der Waals surface area (Å²) in [5.74, 6) is 0. The second kappa shape index (κ2) is 5.75. The quantitative estimate of drug-likeness (QED) is 0.643. The molecule has 0 fully saturated rings. The van der Waals surface area contributed by atoms with Crippen LogP contribution in [0.4, 0.5) is 17.1 Å². The highest BCUT2D eigenvalue weighted by atomic mass is 32.2. The van der Waals surface area contributed by atoms with Crippen molar-refractivity contribution >= 4 is 27.1 Å². The number of hydrogen-bond donors (Lipinski definition) is 2. The monoisotopic (exact) mass is 308 g/mol. The van der Waals surface area contributed by atoms with Gasteiger partial charge in [0, 0.05) is 25.5 Å². The highest BCUT2D eigenvalue weighted by Gasteiger charge is 2.20. The highest BCUT2D eigenvalue weighted by molar-refractivity contribution is 7.92. The SMILES string of the molecule is CNc1cc(S(=O)(=O)Nc2ccncc2)ccc1[N+](=O)[O-]. The Kier molecular flexibility index (Phi) is 4.03. The molecule has 2 N–H and O–H groups in total. The van der Waals surface area contributed by atoms with Crippen LogP contribution in [0, 0.1) is 10.1 Å². The molecule has 0 radical (unpaired) electrons. The maximum atomic E-state index is 12.2. The third-order valence-corrected chi connectivity index (χ3v) is 4.06. The molecule has 0 atom stereocenters. The van der Waals surface area contributed by atoms with Crippen molar-refractivity contribution in [2.45, 2.75) is 4.90 Å². The van der Waals surface area contributed by atoms with E-state index in [2.05, 4.69) is 15.0 Å². The molecular formula is C12H12N4O4S. The Labute approximate surface area is 121 Å². The van der Waals surface area contributed by atoms with Crippen LogP contribution in [0.1, 0.15) is 0 Å². The van der Waals surface area contributed by atoms with E-state index in [0.717, 1.165) is 6.07 Å². The van der Waals surface area contributed by atoms with Crippen molar-refractivity contribution in [2.24, 2.45) is 0 Å². The number of hydrogen-bond acceptors (Lipinski definition) is 6. The van der Waals surface area contributed by atoms with Crippen molar-refractivity contribution in [1.29, 1.82) is 0 Å². The second-order valence-electron chi connectivity index (χ2n) is 4.03. The molecule has 8 nitrogen and oxygen atoms in total. The fraction of sp³-hybridized carbons (Fsp3) is 0.0833. The fourth-order valence-corrected chi connectivity index (χ4v) is 2.76. The van der Waals surface area contributed by atoms with Crippen LogP contribution in [0.15, 0.2) is 47.6 Å². The topological polar surface area (TPSA) is 114 Å². The van der Waals surface area contributed by atoms with Crippen molar-refractivity contribution in [1.82, 2.24) is 4.98 Å². The normalized spacial score (nSPS) is 10.9. The van der Waals surface area contributed by atoms with E-state index in [4.69, 9.17) is 0 Å². The summed E-state index contributed by atoms with van der Waals surface area (Å²) in [6.07, 6.45) is 2.90. The minimum Gasteiger partial charge on any atom is -0.383 e. The average Bonchev–Trinajstić information content (AvgIpc) is 2.47. The lowest BCUT2D eigenvalue weighted by Gasteiger charge is -2.09. The Hall–Kier alpha value is -2.68. The van der Waals surface area contributed by atoms with Crippen LogP contribution in [0.25, 0.3) is 0 Å². The molecule has 0 saturated carbocycles. The van der Waals surface area contributed by atoms with Gasteiger partial charge in [0.15, 0.2) is 0 Å². The van der Waals surface area contributed by atoms with Gasteiger partial charge in [-0.1, -0.05) is 0 Å². The number of nitrogens with zero attached hydrogens (tertiary/aromatic N) is 2. The molecule has 0 unspecified atom stereocenters. The van der Waals surface area contributed by atoms with Gasteiger partial charge in [0.1, 0.15) is 5.69 Å². The van der Waals surface area contributed by atoms with Gasteiger partial charge in [-0.2, -0.15) is 0 Å². The van der Waals surface area contributed by atoms with Crippen LogP contribution in [0.3, 0.4) is 0 Å². The van der Waals surface area contributed by atoms with Crippen molar-refractivity contribution in [3.63, 3.8) is 0 Å². The zero-order valence-corrected chi connectivity index (χ0v) is 11.8. The Morgan fingerprint density at radius 1 is 1.19 bits per heavy atom. The van der Waals surface area contributed by atoms with Gasteiger partial charge in [-0.15, -0.1) is 0 Å². The minimum absolute atomic E-state index is 0.0748. The van der Waals surface area contributed by atoms with E-state index >= 15 is 0 Å². The Morgan fingerprint density at radius 2 is 1.86 bits per heavy atom. The highest BCUT2D eigenvalue weighted by Crippen LogP contribution is 2.27. The first-order chi connectivity index (χ1) is 9.94. The molecule has 1 aromatic carbocycles. The van der Waals surface area contributed by atoms with Gasteiger partial charge in [-0.3, -0.25) is 19.8 Å². The van der Waals surface area contributed by atoms with Crippen molar-refractivity contribution < 1.29 is 13.3 Å². The first kappa shape index (κ1) is 14.7. The number of nitro groups is 1. The van der Waals surface area contributed by atoms with Crippen molar-refractivity contribution in [3.8, 4) is 0 Å². The first-order valence-electron chi connectivity index (χ1n) is 5.83. The number of sulfonamides is 1. The molecule has 0 bridgehead atoms. The molecular weight excluding hydrogens is 296 g/mol. The number of nitro benzene ring substituents is 1. The van der Waals surface area contributed by atoms with E-state index in [0.29, 0.717) is 5.69 Å². The van der Waals surface area contributed by atoms with Crippen LogP contribution < -0.4 is 10.0 Å². The van der Waals surface area contributed by atoms with Crippen LogP contribution in [0.5, 0.6) is 0 Å². The molecule has 0 aliphatic carbocycles. The molecule has 1 heterocycles. The molecule has 21 heavy (non-hydrogen) atoms. The average molecular weight is 308 g/mol. The Balaban J connectivity index is 2.39. The lowest BCUT2D eigenvalue weighted by atomic mass is 10.3. The summed E-state index contributed by atoms with van der Waals surface area (Å²) < 4.78 is 26.8. The van der Waals surface area contributed by atoms with Gasteiger partial charge in [-0.05, 0) is 24.3 Å². The maximum Gasteiger partial charge on any atom is 0.292 e. The lowest BCUT2D eigenvalue weighted by molar-refractivity contribution is -0.384. The number of anilines is 2. The molecule has 0 aliphatic heterocycles. The van der Waals surface area contributed by atoms with Gasteiger partial charge in [0.25, 0.3) is 15.7 Å². The molecule has 1 aromatic heterocycles. The molecule has 0 spiro atoms. The number of nitrogens with one attached hydrogen (secondary N) is 2. The zero-order valence-electron chi connectivity index (χ0n) is 11.0. The Morgan fingerprint density at radius 3 is 2.43 bits per heavy atom. The molecule has 0 aliphatic rings. The first-order valence-corrected chi connectivity index (χ1v) is 7.31. The van der Waals surface area contributed by atoms with Crippen molar-refractivity contribution in [2.75, 3.05) is 17.1 Å². The summed E-state index contributed by atoms with van der Waals surface area (Å²) in [6.45, 7) is 0. The third kappa shape index (κ3) is 3.26. The largest absolute Gasteiger partial charge is 0.383 e. The Bertz CT molecular complexity index is 762. The number of benzene rings is 1. The van der Waals surface area contributed by atoms with E-state index in [1.54, 1.807) is 0 Å².